The molecule has 0 aliphatic heterocycles. The van der Waals surface area contributed by atoms with Crippen LogP contribution in [0.4, 0.5) is 0 Å². The van der Waals surface area contributed by atoms with Crippen LogP contribution in [-0.2, 0) is 16.4 Å². The highest BCUT2D eigenvalue weighted by molar-refractivity contribution is 7.93. The number of allylic oxidation sites excluding steroid dienone is 5. The number of rotatable bonds is 11. The highest BCUT2D eigenvalue weighted by Gasteiger charge is 2.09. The van der Waals surface area contributed by atoms with E-state index in [-0.39, 0.29) is 11.5 Å². The van der Waals surface area contributed by atoms with Gasteiger partial charge in [-0.25, -0.2) is 13.6 Å². The first-order chi connectivity index (χ1) is 14.3. The largest absolute Gasteiger partial charge is 0.491 e. The van der Waals surface area contributed by atoms with Crippen molar-refractivity contribution >= 4 is 15.6 Å². The average molecular weight is 429 g/mol. The molecule has 3 N–H and O–H groups in total. The van der Waals surface area contributed by atoms with Crippen molar-refractivity contribution in [1.29, 1.82) is 0 Å². The second kappa shape index (κ2) is 11.4. The van der Waals surface area contributed by atoms with Gasteiger partial charge in [0.1, 0.15) is 12.4 Å². The van der Waals surface area contributed by atoms with Gasteiger partial charge >= 0.3 is 0 Å². The number of aromatic nitrogens is 1. The summed E-state index contributed by atoms with van der Waals surface area (Å²) >= 11 is 0. The molecule has 1 unspecified atom stereocenters. The minimum absolute atomic E-state index is 0.155. The Morgan fingerprint density at radius 3 is 2.57 bits per heavy atom. The SMILES string of the molecule is C=C/C(=C\C=C(/CC)S(N)(=O)=O)c1ccc(OCC(O)CCc2cccnc2)cc1. The molecule has 1 aromatic heterocycles. The average Bonchev–Trinajstić information content (AvgIpc) is 2.74. The number of pyridine rings is 1. The van der Waals surface area contributed by atoms with Crippen molar-refractivity contribution < 1.29 is 18.3 Å². The molecule has 0 spiro atoms. The zero-order chi connectivity index (χ0) is 22.0. The summed E-state index contributed by atoms with van der Waals surface area (Å²) < 4.78 is 28.7. The van der Waals surface area contributed by atoms with Crippen LogP contribution in [0.5, 0.6) is 5.75 Å². The second-order valence-electron chi connectivity index (χ2n) is 6.75. The van der Waals surface area contributed by atoms with Crippen LogP contribution in [-0.4, -0.2) is 31.2 Å². The summed E-state index contributed by atoms with van der Waals surface area (Å²) in [6.07, 6.45) is 9.38. The van der Waals surface area contributed by atoms with Gasteiger partial charge in [0.25, 0.3) is 0 Å². The molecule has 0 radical (unpaired) electrons. The van der Waals surface area contributed by atoms with Crippen molar-refractivity contribution in [3.8, 4) is 5.75 Å². The zero-order valence-electron chi connectivity index (χ0n) is 17.1. The number of nitrogens with zero attached hydrogens (tertiary/aromatic N) is 1. The molecule has 7 heteroatoms. The van der Waals surface area contributed by atoms with Crippen molar-refractivity contribution in [2.24, 2.45) is 5.14 Å². The van der Waals surface area contributed by atoms with Crippen LogP contribution in [0.25, 0.3) is 5.57 Å². The van der Waals surface area contributed by atoms with E-state index in [0.717, 1.165) is 23.1 Å². The molecule has 0 saturated heterocycles. The third-order valence-corrected chi connectivity index (χ3v) is 5.66. The smallest absolute Gasteiger partial charge is 0.234 e. The topological polar surface area (TPSA) is 103 Å². The predicted molar refractivity (Wildman–Crippen MR) is 120 cm³/mol. The quantitative estimate of drug-likeness (QED) is 0.532. The van der Waals surface area contributed by atoms with Gasteiger partial charge in [-0.3, -0.25) is 4.98 Å². The molecule has 6 nitrogen and oxygen atoms in total. The van der Waals surface area contributed by atoms with E-state index >= 15 is 0 Å². The van der Waals surface area contributed by atoms with Gasteiger partial charge in [-0.1, -0.05) is 43.9 Å². The van der Waals surface area contributed by atoms with Crippen LogP contribution < -0.4 is 9.88 Å². The fourth-order valence-corrected chi connectivity index (χ4v) is 3.44. The minimum atomic E-state index is -3.71. The highest BCUT2D eigenvalue weighted by Crippen LogP contribution is 2.21. The predicted octanol–water partition coefficient (Wildman–Crippen LogP) is 3.61. The molecule has 0 fully saturated rings. The Kier molecular flexibility index (Phi) is 8.98. The molecule has 0 bridgehead atoms. The van der Waals surface area contributed by atoms with Gasteiger partial charge in [0.05, 0.1) is 11.0 Å². The van der Waals surface area contributed by atoms with Crippen molar-refractivity contribution in [2.75, 3.05) is 6.61 Å². The van der Waals surface area contributed by atoms with Gasteiger partial charge in [0.2, 0.25) is 10.0 Å². The van der Waals surface area contributed by atoms with Crippen LogP contribution in [0, 0.1) is 0 Å². The van der Waals surface area contributed by atoms with E-state index in [9.17, 15) is 13.5 Å². The number of nitrogens with two attached hydrogens (primary N) is 1. The number of primary sulfonamides is 1. The number of aliphatic hydroxyl groups excluding tert-OH is 1. The molecule has 0 aliphatic rings. The number of sulfonamides is 1. The molecule has 2 rings (SSSR count). The Labute approximate surface area is 178 Å². The first kappa shape index (κ1) is 23.5. The zero-order valence-corrected chi connectivity index (χ0v) is 17.9. The first-order valence-electron chi connectivity index (χ1n) is 9.69. The van der Waals surface area contributed by atoms with Crippen LogP contribution in [0.2, 0.25) is 0 Å². The summed E-state index contributed by atoms with van der Waals surface area (Å²) in [5.74, 6) is 0.636. The van der Waals surface area contributed by atoms with E-state index in [4.69, 9.17) is 9.88 Å². The molecule has 1 heterocycles. The van der Waals surface area contributed by atoms with E-state index in [2.05, 4.69) is 11.6 Å². The van der Waals surface area contributed by atoms with E-state index in [1.54, 1.807) is 43.6 Å². The van der Waals surface area contributed by atoms with Gasteiger partial charge in [0, 0.05) is 12.4 Å². The Morgan fingerprint density at radius 1 is 1.27 bits per heavy atom. The van der Waals surface area contributed by atoms with Crippen LogP contribution in [0.3, 0.4) is 0 Å². The van der Waals surface area contributed by atoms with Crippen molar-refractivity contribution in [1.82, 2.24) is 4.98 Å². The molecule has 0 amide bonds. The number of aliphatic hydroxyl groups is 1. The molecule has 160 valence electrons. The van der Waals surface area contributed by atoms with Gasteiger partial charge in [-0.15, -0.1) is 0 Å². The van der Waals surface area contributed by atoms with Crippen molar-refractivity contribution in [2.45, 2.75) is 32.3 Å². The molecule has 2 aromatic rings. The third kappa shape index (κ3) is 7.59. The Morgan fingerprint density at radius 2 is 2.00 bits per heavy atom. The van der Waals surface area contributed by atoms with Gasteiger partial charge in [-0.2, -0.15) is 0 Å². The van der Waals surface area contributed by atoms with E-state index in [0.29, 0.717) is 18.6 Å². The van der Waals surface area contributed by atoms with Gasteiger partial charge in [0.15, 0.2) is 0 Å². The Balaban J connectivity index is 1.95. The van der Waals surface area contributed by atoms with Crippen molar-refractivity contribution in [3.63, 3.8) is 0 Å². The summed E-state index contributed by atoms with van der Waals surface area (Å²) in [4.78, 5) is 4.22. The van der Waals surface area contributed by atoms with Gasteiger partial charge < -0.3 is 9.84 Å². The maximum atomic E-state index is 11.5. The van der Waals surface area contributed by atoms with E-state index in [1.165, 1.54) is 6.08 Å². The lowest BCUT2D eigenvalue weighted by Gasteiger charge is -2.13. The molecule has 1 atom stereocenters. The lowest BCUT2D eigenvalue weighted by atomic mass is 10.1. The normalized spacial score (nSPS) is 13.7. The maximum Gasteiger partial charge on any atom is 0.234 e. The van der Waals surface area contributed by atoms with Gasteiger partial charge in [-0.05, 0) is 60.2 Å². The minimum Gasteiger partial charge on any atom is -0.491 e. The third-order valence-electron chi connectivity index (χ3n) is 4.50. The highest BCUT2D eigenvalue weighted by atomic mass is 32.2. The monoisotopic (exact) mass is 428 g/mol. The number of aryl methyl sites for hydroxylation is 1. The second-order valence-corrected chi connectivity index (χ2v) is 8.36. The number of ether oxygens (including phenoxy) is 1. The summed E-state index contributed by atoms with van der Waals surface area (Å²) in [7, 11) is -3.71. The van der Waals surface area contributed by atoms with Crippen molar-refractivity contribution in [3.05, 3.63) is 89.6 Å². The molecule has 0 saturated carbocycles. The Bertz CT molecular complexity index is 982. The summed E-state index contributed by atoms with van der Waals surface area (Å²) in [5, 5.41) is 15.3. The van der Waals surface area contributed by atoms with Crippen LogP contribution >= 0.6 is 0 Å². The molecule has 0 aliphatic carbocycles. The number of hydrogen-bond donors (Lipinski definition) is 2. The van der Waals surface area contributed by atoms with E-state index < -0.39 is 16.1 Å². The first-order valence-corrected chi connectivity index (χ1v) is 11.2. The lowest BCUT2D eigenvalue weighted by molar-refractivity contribution is 0.100. The number of hydrogen-bond acceptors (Lipinski definition) is 5. The van der Waals surface area contributed by atoms with Crippen LogP contribution in [0.15, 0.2) is 78.5 Å². The van der Waals surface area contributed by atoms with E-state index in [1.807, 2.05) is 24.3 Å². The maximum absolute atomic E-state index is 11.5. The number of benzene rings is 1. The molecular weight excluding hydrogens is 400 g/mol. The molecular formula is C23H28N2O4S. The fourth-order valence-electron chi connectivity index (χ4n) is 2.78. The molecule has 1 aromatic carbocycles. The summed E-state index contributed by atoms with van der Waals surface area (Å²) in [5.41, 5.74) is 2.69. The summed E-state index contributed by atoms with van der Waals surface area (Å²) in [6.45, 7) is 5.71. The van der Waals surface area contributed by atoms with Crippen LogP contribution in [0.1, 0.15) is 30.9 Å². The Hall–Kier alpha value is -2.74. The summed E-state index contributed by atoms with van der Waals surface area (Å²) in [6, 6.07) is 11.1. The fraction of sp³-hybridized carbons (Fsp3) is 0.261. The lowest BCUT2D eigenvalue weighted by Crippen LogP contribution is -2.18. The standard InChI is InChI=1S/C23H28N2O4S/c1-3-19(10-14-23(4-2)30(24,27)28)20-8-12-22(13-9-20)29-17-21(26)11-7-18-6-5-15-25-16-18/h3,5-6,8-10,12-16,21,26H,1,4,7,11,17H2,2H3,(H2,24,27,28)/b19-10+,23-14+. The molecule has 30 heavy (non-hydrogen) atoms.